The van der Waals surface area contributed by atoms with Gasteiger partial charge < -0.3 is 5.11 Å². The molecular weight excluding hydrogens is 229 g/mol. The van der Waals surface area contributed by atoms with Crippen LogP contribution < -0.4 is 0 Å². The predicted molar refractivity (Wildman–Crippen MR) is 45.5 cm³/mol. The van der Waals surface area contributed by atoms with Gasteiger partial charge in [0.1, 0.15) is 11.8 Å². The summed E-state index contributed by atoms with van der Waals surface area (Å²) in [5.41, 5.74) is 0.179. The van der Waals surface area contributed by atoms with Crippen LogP contribution in [0.1, 0.15) is 5.56 Å². The van der Waals surface area contributed by atoms with Crippen molar-refractivity contribution in [2.45, 2.75) is 0 Å². The fourth-order valence-electron chi connectivity index (χ4n) is 0.626. The third kappa shape index (κ3) is 1.65. The van der Waals surface area contributed by atoms with E-state index < -0.39 is 0 Å². The average Bonchev–Trinajstić information content (AvgIpc) is 1.97. The molecule has 0 radical (unpaired) electrons. The standard InChI is InChI=1S/C7H3BrClNO/c8-5-2-7(11)4(3-10)1-6(5)9/h1-2,11H. The van der Waals surface area contributed by atoms with Gasteiger partial charge in [-0.1, -0.05) is 11.6 Å². The molecule has 0 bridgehead atoms. The van der Waals surface area contributed by atoms with E-state index in [0.29, 0.717) is 9.50 Å². The van der Waals surface area contributed by atoms with Gasteiger partial charge in [0, 0.05) is 4.47 Å². The largest absolute Gasteiger partial charge is 0.507 e. The molecule has 2 nitrogen and oxygen atoms in total. The van der Waals surface area contributed by atoms with Gasteiger partial charge in [0.05, 0.1) is 10.6 Å². The van der Waals surface area contributed by atoms with E-state index >= 15 is 0 Å². The predicted octanol–water partition coefficient (Wildman–Crippen LogP) is 2.68. The first-order valence-corrected chi connectivity index (χ1v) is 3.90. The summed E-state index contributed by atoms with van der Waals surface area (Å²) in [6, 6.07) is 4.60. The first kappa shape index (κ1) is 8.38. The highest BCUT2D eigenvalue weighted by Crippen LogP contribution is 2.29. The summed E-state index contributed by atoms with van der Waals surface area (Å²) in [5.74, 6) is -0.0659. The molecule has 0 aliphatic heterocycles. The molecule has 0 heterocycles. The number of halogens is 2. The lowest BCUT2D eigenvalue weighted by Gasteiger charge is -1.98. The molecule has 0 aliphatic rings. The van der Waals surface area contributed by atoms with Crippen LogP contribution >= 0.6 is 27.5 Å². The normalized spacial score (nSPS) is 9.18. The molecule has 1 N–H and O–H groups in total. The van der Waals surface area contributed by atoms with Gasteiger partial charge in [-0.3, -0.25) is 0 Å². The van der Waals surface area contributed by atoms with Gasteiger partial charge in [-0.25, -0.2) is 0 Å². The van der Waals surface area contributed by atoms with Crippen LogP contribution in [0.3, 0.4) is 0 Å². The van der Waals surface area contributed by atoms with Crippen LogP contribution in [-0.2, 0) is 0 Å². The van der Waals surface area contributed by atoms with Gasteiger partial charge in [0.2, 0.25) is 0 Å². The number of benzene rings is 1. The molecule has 1 aromatic carbocycles. The van der Waals surface area contributed by atoms with E-state index in [4.69, 9.17) is 22.0 Å². The van der Waals surface area contributed by atoms with Gasteiger partial charge in [-0.15, -0.1) is 0 Å². The zero-order valence-electron chi connectivity index (χ0n) is 5.31. The second-order valence-corrected chi connectivity index (χ2v) is 3.16. The number of aromatic hydroxyl groups is 1. The molecule has 0 fully saturated rings. The van der Waals surface area contributed by atoms with Crippen LogP contribution in [0.2, 0.25) is 5.02 Å². The lowest BCUT2D eigenvalue weighted by Crippen LogP contribution is -1.77. The average molecular weight is 232 g/mol. The summed E-state index contributed by atoms with van der Waals surface area (Å²) < 4.78 is 0.579. The summed E-state index contributed by atoms with van der Waals surface area (Å²) >= 11 is 8.76. The smallest absolute Gasteiger partial charge is 0.134 e. The van der Waals surface area contributed by atoms with Gasteiger partial charge in [-0.05, 0) is 28.1 Å². The molecule has 11 heavy (non-hydrogen) atoms. The molecule has 0 atom stereocenters. The molecule has 0 aliphatic carbocycles. The third-order valence-corrected chi connectivity index (χ3v) is 2.36. The summed E-state index contributed by atoms with van der Waals surface area (Å²) in [4.78, 5) is 0. The zero-order valence-corrected chi connectivity index (χ0v) is 7.65. The Morgan fingerprint density at radius 2 is 2.18 bits per heavy atom. The van der Waals surface area contributed by atoms with Crippen LogP contribution in [0.4, 0.5) is 0 Å². The lowest BCUT2D eigenvalue weighted by molar-refractivity contribution is 0.473. The summed E-state index contributed by atoms with van der Waals surface area (Å²) in [6.07, 6.45) is 0. The Morgan fingerprint density at radius 3 is 2.73 bits per heavy atom. The van der Waals surface area contributed by atoms with Gasteiger partial charge in [0.25, 0.3) is 0 Å². The fourth-order valence-corrected chi connectivity index (χ4v) is 1.12. The monoisotopic (exact) mass is 231 g/mol. The van der Waals surface area contributed by atoms with Crippen molar-refractivity contribution in [3.63, 3.8) is 0 Å². The summed E-state index contributed by atoms with van der Waals surface area (Å²) in [7, 11) is 0. The molecule has 1 aromatic rings. The topological polar surface area (TPSA) is 44.0 Å². The van der Waals surface area contributed by atoms with Crippen LogP contribution in [0.25, 0.3) is 0 Å². The molecule has 0 saturated carbocycles. The van der Waals surface area contributed by atoms with Gasteiger partial charge in [0.15, 0.2) is 0 Å². The second kappa shape index (κ2) is 3.12. The highest BCUT2D eigenvalue weighted by Gasteiger charge is 2.04. The maximum atomic E-state index is 9.10. The number of hydrogen-bond acceptors (Lipinski definition) is 2. The van der Waals surface area contributed by atoms with Crippen LogP contribution in [0.15, 0.2) is 16.6 Å². The molecule has 0 amide bonds. The Hall–Kier alpha value is -0.720. The van der Waals surface area contributed by atoms with Crippen molar-refractivity contribution in [1.29, 1.82) is 5.26 Å². The van der Waals surface area contributed by atoms with E-state index in [2.05, 4.69) is 15.9 Å². The number of phenols is 1. The van der Waals surface area contributed by atoms with E-state index in [1.165, 1.54) is 12.1 Å². The van der Waals surface area contributed by atoms with E-state index in [1.54, 1.807) is 0 Å². The number of rotatable bonds is 0. The zero-order chi connectivity index (χ0) is 8.43. The quantitative estimate of drug-likeness (QED) is 0.747. The van der Waals surface area contributed by atoms with Crippen molar-refractivity contribution in [3.8, 4) is 11.8 Å². The maximum Gasteiger partial charge on any atom is 0.134 e. The van der Waals surface area contributed by atoms with Gasteiger partial charge >= 0.3 is 0 Å². The number of nitriles is 1. The maximum absolute atomic E-state index is 9.10. The van der Waals surface area contributed by atoms with Crippen LogP contribution in [0.5, 0.6) is 5.75 Å². The SMILES string of the molecule is N#Cc1cc(Cl)c(Br)cc1O. The molecule has 0 saturated heterocycles. The van der Waals surface area contributed by atoms with Crippen LogP contribution in [0, 0.1) is 11.3 Å². The summed E-state index contributed by atoms with van der Waals surface area (Å²) in [6.45, 7) is 0. The second-order valence-electron chi connectivity index (χ2n) is 1.90. The molecular formula is C7H3BrClNO. The Kier molecular flexibility index (Phi) is 2.38. The minimum absolute atomic E-state index is 0.0659. The first-order chi connectivity index (χ1) is 5.15. The van der Waals surface area contributed by atoms with Crippen molar-refractivity contribution in [2.24, 2.45) is 0 Å². The number of phenolic OH excluding ortho intramolecular Hbond substituents is 1. The third-order valence-electron chi connectivity index (χ3n) is 1.16. The fraction of sp³-hybridized carbons (Fsp3) is 0. The van der Waals surface area contributed by atoms with Crippen molar-refractivity contribution >= 4 is 27.5 Å². The molecule has 0 spiro atoms. The molecule has 1 rings (SSSR count). The highest BCUT2D eigenvalue weighted by molar-refractivity contribution is 9.10. The Bertz CT molecular complexity index is 332. The first-order valence-electron chi connectivity index (χ1n) is 2.73. The Labute approximate surface area is 77.2 Å². The Morgan fingerprint density at radius 1 is 1.55 bits per heavy atom. The molecule has 4 heteroatoms. The van der Waals surface area contributed by atoms with E-state index in [-0.39, 0.29) is 11.3 Å². The van der Waals surface area contributed by atoms with E-state index in [9.17, 15) is 0 Å². The minimum Gasteiger partial charge on any atom is -0.507 e. The molecule has 56 valence electrons. The van der Waals surface area contributed by atoms with Crippen molar-refractivity contribution in [1.82, 2.24) is 0 Å². The lowest BCUT2D eigenvalue weighted by atomic mass is 10.2. The van der Waals surface area contributed by atoms with E-state index in [0.717, 1.165) is 0 Å². The van der Waals surface area contributed by atoms with Crippen molar-refractivity contribution in [2.75, 3.05) is 0 Å². The summed E-state index contributed by atoms with van der Waals surface area (Å²) in [5, 5.41) is 18.0. The van der Waals surface area contributed by atoms with Crippen LogP contribution in [-0.4, -0.2) is 5.11 Å². The molecule has 0 unspecified atom stereocenters. The number of nitrogens with zero attached hydrogens (tertiary/aromatic N) is 1. The van der Waals surface area contributed by atoms with Crippen molar-refractivity contribution in [3.05, 3.63) is 27.2 Å². The highest BCUT2D eigenvalue weighted by atomic mass is 79.9. The Balaban J connectivity index is 3.35. The van der Waals surface area contributed by atoms with Gasteiger partial charge in [-0.2, -0.15) is 5.26 Å². The number of hydrogen-bond donors (Lipinski definition) is 1. The minimum atomic E-state index is -0.0659. The molecule has 0 aromatic heterocycles. The van der Waals surface area contributed by atoms with E-state index in [1.807, 2.05) is 6.07 Å². The van der Waals surface area contributed by atoms with Crippen molar-refractivity contribution < 1.29 is 5.11 Å².